The molecule has 0 unspecified atom stereocenters. The molecule has 0 amide bonds. The van der Waals surface area contributed by atoms with Crippen molar-refractivity contribution in [1.82, 2.24) is 9.97 Å². The number of esters is 1. The van der Waals surface area contributed by atoms with E-state index in [9.17, 15) is 22.8 Å². The second-order valence-corrected chi connectivity index (χ2v) is 4.35. The molecule has 8 heteroatoms. The van der Waals surface area contributed by atoms with Gasteiger partial charge in [-0.25, -0.2) is 9.78 Å². The van der Waals surface area contributed by atoms with E-state index in [4.69, 9.17) is 0 Å². The van der Waals surface area contributed by atoms with Crippen molar-refractivity contribution in [2.45, 2.75) is 19.0 Å². The molecule has 0 saturated carbocycles. The van der Waals surface area contributed by atoms with Crippen LogP contribution in [0.1, 0.15) is 22.6 Å². The Morgan fingerprint density at radius 3 is 2.71 bits per heavy atom. The topological polar surface area (TPSA) is 72.1 Å². The van der Waals surface area contributed by atoms with E-state index >= 15 is 0 Å². The number of aryl methyl sites for hydroxylation is 1. The molecule has 112 valence electrons. The molecule has 0 spiro atoms. The Morgan fingerprint density at radius 2 is 2.10 bits per heavy atom. The summed E-state index contributed by atoms with van der Waals surface area (Å²) in [5, 5.41) is 0.193. The molecule has 21 heavy (non-hydrogen) atoms. The number of aromatic nitrogens is 2. The first-order chi connectivity index (χ1) is 9.80. The largest absolute Gasteiger partial charge is 0.465 e. The number of hydrogen-bond donors (Lipinski definition) is 1. The van der Waals surface area contributed by atoms with Crippen LogP contribution in [0.15, 0.2) is 23.0 Å². The van der Waals surface area contributed by atoms with Crippen LogP contribution >= 0.6 is 0 Å². The highest BCUT2D eigenvalue weighted by atomic mass is 19.4. The van der Waals surface area contributed by atoms with Crippen molar-refractivity contribution in [3.63, 3.8) is 0 Å². The standard InChI is InChI=1S/C13H11F3N2O3/c1-21-12(20)7-2-3-8-9(6-7)17-10(18-11(8)19)4-5-13(14,15)16/h2-3,6H,4-5H2,1H3,(H,17,18,19). The number of methoxy groups -OCH3 is 1. The molecule has 0 radical (unpaired) electrons. The van der Waals surface area contributed by atoms with Crippen LogP contribution < -0.4 is 5.56 Å². The minimum atomic E-state index is -4.33. The van der Waals surface area contributed by atoms with Gasteiger partial charge < -0.3 is 9.72 Å². The molecule has 2 aromatic rings. The number of ether oxygens (including phenoxy) is 1. The molecule has 5 nitrogen and oxygen atoms in total. The van der Waals surface area contributed by atoms with Crippen LogP contribution in [0.25, 0.3) is 10.9 Å². The minimum absolute atomic E-state index is 0.0770. The predicted molar refractivity (Wildman–Crippen MR) is 68.1 cm³/mol. The molecule has 0 aliphatic carbocycles. The molecule has 1 aromatic heterocycles. The van der Waals surface area contributed by atoms with Gasteiger partial charge in [0.15, 0.2) is 0 Å². The van der Waals surface area contributed by atoms with E-state index < -0.39 is 30.5 Å². The van der Waals surface area contributed by atoms with E-state index in [1.165, 1.54) is 25.3 Å². The van der Waals surface area contributed by atoms with Gasteiger partial charge in [0.2, 0.25) is 0 Å². The van der Waals surface area contributed by atoms with Gasteiger partial charge in [-0.1, -0.05) is 0 Å². The Balaban J connectivity index is 2.42. The molecule has 0 saturated heterocycles. The van der Waals surface area contributed by atoms with Gasteiger partial charge in [0, 0.05) is 6.42 Å². The maximum Gasteiger partial charge on any atom is 0.389 e. The monoisotopic (exact) mass is 300 g/mol. The number of hydrogen-bond acceptors (Lipinski definition) is 4. The van der Waals surface area contributed by atoms with Gasteiger partial charge in [-0.3, -0.25) is 4.79 Å². The van der Waals surface area contributed by atoms with E-state index in [1.807, 2.05) is 0 Å². The van der Waals surface area contributed by atoms with Crippen molar-refractivity contribution in [3.8, 4) is 0 Å². The van der Waals surface area contributed by atoms with Crippen LogP contribution in [0.5, 0.6) is 0 Å². The van der Waals surface area contributed by atoms with Crippen LogP contribution in [-0.4, -0.2) is 29.2 Å². The fraction of sp³-hybridized carbons (Fsp3) is 0.308. The Bertz CT molecular complexity index is 737. The molecule has 1 heterocycles. The number of H-pyrrole nitrogens is 1. The number of nitrogens with zero attached hydrogens (tertiary/aromatic N) is 1. The molecule has 0 aliphatic heterocycles. The lowest BCUT2D eigenvalue weighted by atomic mass is 10.1. The van der Waals surface area contributed by atoms with E-state index in [0.29, 0.717) is 0 Å². The highest BCUT2D eigenvalue weighted by Gasteiger charge is 2.27. The normalized spacial score (nSPS) is 11.6. The summed E-state index contributed by atoms with van der Waals surface area (Å²) in [7, 11) is 1.20. The zero-order chi connectivity index (χ0) is 15.6. The number of fused-ring (bicyclic) bond motifs is 1. The van der Waals surface area contributed by atoms with Gasteiger partial charge in [-0.15, -0.1) is 0 Å². The minimum Gasteiger partial charge on any atom is -0.465 e. The number of nitrogens with one attached hydrogen (secondary N) is 1. The highest BCUT2D eigenvalue weighted by Crippen LogP contribution is 2.21. The first-order valence-electron chi connectivity index (χ1n) is 5.98. The van der Waals surface area contributed by atoms with Gasteiger partial charge in [-0.2, -0.15) is 13.2 Å². The lowest BCUT2D eigenvalue weighted by molar-refractivity contribution is -0.134. The van der Waals surface area contributed by atoms with Gasteiger partial charge in [-0.05, 0) is 18.2 Å². The summed E-state index contributed by atoms with van der Waals surface area (Å²) in [6.07, 6.45) is -5.85. The van der Waals surface area contributed by atoms with Crippen LogP contribution in [0.3, 0.4) is 0 Å². The summed E-state index contributed by atoms with van der Waals surface area (Å²) in [4.78, 5) is 29.4. The number of benzene rings is 1. The molecule has 0 bridgehead atoms. The van der Waals surface area contributed by atoms with Crippen LogP contribution in [0.4, 0.5) is 13.2 Å². The van der Waals surface area contributed by atoms with Crippen molar-refractivity contribution < 1.29 is 22.7 Å². The van der Waals surface area contributed by atoms with Gasteiger partial charge in [0.25, 0.3) is 5.56 Å². The average Bonchev–Trinajstić information content (AvgIpc) is 2.43. The van der Waals surface area contributed by atoms with Crippen molar-refractivity contribution >= 4 is 16.9 Å². The quantitative estimate of drug-likeness (QED) is 0.882. The predicted octanol–water partition coefficient (Wildman–Crippen LogP) is 2.20. The zero-order valence-electron chi connectivity index (χ0n) is 11.0. The summed E-state index contributed by atoms with van der Waals surface area (Å²) >= 11 is 0. The van der Waals surface area contributed by atoms with Gasteiger partial charge in [0.05, 0.1) is 30.0 Å². The summed E-state index contributed by atoms with van der Waals surface area (Å²) in [5.41, 5.74) is -0.225. The van der Waals surface area contributed by atoms with E-state index in [0.717, 1.165) is 0 Å². The number of carbonyl (C=O) groups excluding carboxylic acids is 1. The maximum atomic E-state index is 12.2. The number of rotatable bonds is 3. The second kappa shape index (κ2) is 5.55. The van der Waals surface area contributed by atoms with Gasteiger partial charge in [0.1, 0.15) is 5.82 Å². The highest BCUT2D eigenvalue weighted by molar-refractivity contribution is 5.93. The molecule has 0 atom stereocenters. The first kappa shape index (κ1) is 15.0. The lowest BCUT2D eigenvalue weighted by Crippen LogP contribution is -2.15. The van der Waals surface area contributed by atoms with Crippen molar-refractivity contribution in [1.29, 1.82) is 0 Å². The van der Waals surface area contributed by atoms with Crippen molar-refractivity contribution in [3.05, 3.63) is 39.9 Å². The van der Waals surface area contributed by atoms with Crippen LogP contribution in [0, 0.1) is 0 Å². The SMILES string of the molecule is COC(=O)c1ccc2c(=O)[nH]c(CCC(F)(F)F)nc2c1. The smallest absolute Gasteiger partial charge is 0.389 e. The molecule has 0 fully saturated rings. The van der Waals surface area contributed by atoms with Gasteiger partial charge >= 0.3 is 12.1 Å². The van der Waals surface area contributed by atoms with E-state index in [-0.39, 0.29) is 22.3 Å². The molecule has 1 aromatic carbocycles. The van der Waals surface area contributed by atoms with E-state index in [1.54, 1.807) is 0 Å². The number of alkyl halides is 3. The Labute approximate surface area is 116 Å². The summed E-state index contributed by atoms with van der Waals surface area (Å²) in [5.74, 6) is -0.692. The van der Waals surface area contributed by atoms with Crippen LogP contribution in [0.2, 0.25) is 0 Å². The van der Waals surface area contributed by atoms with E-state index in [2.05, 4.69) is 14.7 Å². The third-order valence-corrected chi connectivity index (χ3v) is 2.82. The molecule has 1 N–H and O–H groups in total. The van der Waals surface area contributed by atoms with Crippen LogP contribution in [-0.2, 0) is 11.2 Å². The number of aromatic amines is 1. The molecular weight excluding hydrogens is 289 g/mol. The maximum absolute atomic E-state index is 12.2. The number of carbonyl (C=O) groups is 1. The Morgan fingerprint density at radius 1 is 1.38 bits per heavy atom. The molecule has 0 aliphatic rings. The summed E-state index contributed by atoms with van der Waals surface area (Å²) < 4.78 is 41.1. The Kier molecular flexibility index (Phi) is 3.97. The van der Waals surface area contributed by atoms with Crippen molar-refractivity contribution in [2.24, 2.45) is 0 Å². The zero-order valence-corrected chi connectivity index (χ0v) is 11.0. The fourth-order valence-corrected chi connectivity index (χ4v) is 1.81. The molecule has 2 rings (SSSR count). The lowest BCUT2D eigenvalue weighted by Gasteiger charge is -2.07. The number of halogens is 3. The summed E-state index contributed by atoms with van der Waals surface area (Å²) in [6, 6.07) is 4.08. The fourth-order valence-electron chi connectivity index (χ4n) is 1.81. The van der Waals surface area contributed by atoms with Crippen molar-refractivity contribution in [2.75, 3.05) is 7.11 Å². The first-order valence-corrected chi connectivity index (χ1v) is 5.98. The summed E-state index contributed by atoms with van der Waals surface area (Å²) in [6.45, 7) is 0. The third-order valence-electron chi connectivity index (χ3n) is 2.82. The second-order valence-electron chi connectivity index (χ2n) is 4.35. The third kappa shape index (κ3) is 3.59. The molecular formula is C13H11F3N2O3. The Hall–Kier alpha value is -2.38. The average molecular weight is 300 g/mol.